The van der Waals surface area contributed by atoms with Crippen LogP contribution in [0.1, 0.15) is 24.2 Å². The first-order valence-corrected chi connectivity index (χ1v) is 6.00. The molecule has 20 heavy (non-hydrogen) atoms. The monoisotopic (exact) mass is 284 g/mol. The van der Waals surface area contributed by atoms with Crippen LogP contribution in [0.5, 0.6) is 5.88 Å². The number of ether oxygens (including phenoxy) is 2. The summed E-state index contributed by atoms with van der Waals surface area (Å²) in [5.41, 5.74) is -0.742. The third-order valence-electron chi connectivity index (χ3n) is 2.20. The Morgan fingerprint density at radius 3 is 2.75 bits per heavy atom. The van der Waals surface area contributed by atoms with Gasteiger partial charge in [0, 0.05) is 12.7 Å². The first-order valence-electron chi connectivity index (χ1n) is 6.00. The fourth-order valence-corrected chi connectivity index (χ4v) is 1.33. The van der Waals surface area contributed by atoms with Gasteiger partial charge >= 0.3 is 5.97 Å². The van der Waals surface area contributed by atoms with Crippen LogP contribution in [0.4, 0.5) is 5.69 Å². The first kappa shape index (κ1) is 15.8. The van der Waals surface area contributed by atoms with Crippen molar-refractivity contribution in [3.8, 4) is 5.88 Å². The van der Waals surface area contributed by atoms with Gasteiger partial charge in [0.1, 0.15) is 18.4 Å². The van der Waals surface area contributed by atoms with E-state index in [0.29, 0.717) is 12.5 Å². The molecule has 0 atom stereocenters. The third kappa shape index (κ3) is 4.81. The summed E-state index contributed by atoms with van der Waals surface area (Å²) in [6.45, 7) is 4.99. The molecule has 0 amide bonds. The molecule has 1 aromatic rings. The highest BCUT2D eigenvalue weighted by atomic mass is 16.6. The quantitative estimate of drug-likeness (QED) is 0.439. The largest absolute Gasteiger partial charge is 0.477 e. The van der Waals surface area contributed by atoms with Crippen LogP contribution in [0, 0.1) is 16.0 Å². The zero-order valence-electron chi connectivity index (χ0n) is 11.2. The van der Waals surface area contributed by atoms with Gasteiger partial charge < -0.3 is 14.6 Å². The Balaban J connectivity index is 2.65. The Morgan fingerprint density at radius 2 is 2.20 bits per heavy atom. The van der Waals surface area contributed by atoms with Gasteiger partial charge in [-0.15, -0.1) is 0 Å². The number of nitro groups is 1. The molecular formula is C12H16N2O6. The topological polar surface area (TPSA) is 112 Å². The number of hydrogen-bond donors (Lipinski definition) is 1. The van der Waals surface area contributed by atoms with E-state index in [4.69, 9.17) is 14.6 Å². The number of nitrogens with zero attached hydrogens (tertiary/aromatic N) is 2. The molecule has 0 aliphatic rings. The van der Waals surface area contributed by atoms with E-state index in [1.165, 1.54) is 0 Å². The van der Waals surface area contributed by atoms with Crippen molar-refractivity contribution in [2.45, 2.75) is 13.8 Å². The van der Waals surface area contributed by atoms with Crippen molar-refractivity contribution in [1.82, 2.24) is 4.98 Å². The van der Waals surface area contributed by atoms with Crippen LogP contribution in [-0.2, 0) is 4.74 Å². The highest BCUT2D eigenvalue weighted by Crippen LogP contribution is 2.20. The van der Waals surface area contributed by atoms with Crippen LogP contribution in [-0.4, -0.2) is 40.8 Å². The number of aromatic nitrogens is 1. The van der Waals surface area contributed by atoms with E-state index in [2.05, 4.69) is 4.98 Å². The third-order valence-corrected chi connectivity index (χ3v) is 2.20. The Kier molecular flexibility index (Phi) is 5.85. The summed E-state index contributed by atoms with van der Waals surface area (Å²) in [7, 11) is 0. The number of carboxylic acids is 1. The molecule has 0 saturated carbocycles. The molecule has 0 unspecified atom stereocenters. The van der Waals surface area contributed by atoms with E-state index in [-0.39, 0.29) is 24.7 Å². The lowest BCUT2D eigenvalue weighted by Crippen LogP contribution is -2.13. The van der Waals surface area contributed by atoms with E-state index in [1.54, 1.807) is 0 Å². The molecule has 1 rings (SSSR count). The van der Waals surface area contributed by atoms with Gasteiger partial charge in [-0.05, 0) is 5.92 Å². The standard InChI is InChI=1S/C12H16N2O6/c1-8(2)7-19-3-4-20-11-10(12(15)16)5-9(6-13-11)14(17)18/h5-6,8H,3-4,7H2,1-2H3,(H,15,16). The number of carbonyl (C=O) groups is 1. The summed E-state index contributed by atoms with van der Waals surface area (Å²) in [6, 6.07) is 0.916. The number of rotatable bonds is 8. The zero-order valence-corrected chi connectivity index (χ0v) is 11.2. The molecule has 1 heterocycles. The van der Waals surface area contributed by atoms with E-state index in [1.807, 2.05) is 13.8 Å². The normalized spacial score (nSPS) is 10.6. The second kappa shape index (κ2) is 7.39. The van der Waals surface area contributed by atoms with E-state index in [0.717, 1.165) is 12.3 Å². The molecule has 8 nitrogen and oxygen atoms in total. The molecule has 0 aliphatic heterocycles. The molecule has 1 N–H and O–H groups in total. The van der Waals surface area contributed by atoms with Gasteiger partial charge in [0.25, 0.3) is 5.69 Å². The Hall–Kier alpha value is -2.22. The van der Waals surface area contributed by atoms with Gasteiger partial charge in [-0.1, -0.05) is 13.8 Å². The van der Waals surface area contributed by atoms with Crippen LogP contribution < -0.4 is 4.74 Å². The molecular weight excluding hydrogens is 268 g/mol. The summed E-state index contributed by atoms with van der Waals surface area (Å²) in [5, 5.41) is 19.5. The average Bonchev–Trinajstić information content (AvgIpc) is 2.37. The molecule has 110 valence electrons. The number of pyridine rings is 1. The molecule has 0 aromatic carbocycles. The number of hydrogen-bond acceptors (Lipinski definition) is 6. The Bertz CT molecular complexity index is 489. The second-order valence-corrected chi connectivity index (χ2v) is 4.43. The van der Waals surface area contributed by atoms with Crippen LogP contribution in [0.15, 0.2) is 12.3 Å². The van der Waals surface area contributed by atoms with Crippen molar-refractivity contribution < 1.29 is 24.3 Å². The lowest BCUT2D eigenvalue weighted by Gasteiger charge is -2.09. The van der Waals surface area contributed by atoms with Crippen LogP contribution in [0.25, 0.3) is 0 Å². The minimum absolute atomic E-state index is 0.123. The highest BCUT2D eigenvalue weighted by Gasteiger charge is 2.18. The van der Waals surface area contributed by atoms with Crippen molar-refractivity contribution in [2.24, 2.45) is 5.92 Å². The molecule has 8 heteroatoms. The molecule has 0 radical (unpaired) electrons. The molecule has 0 spiro atoms. The molecule has 0 fully saturated rings. The Labute approximate surface area is 115 Å². The fraction of sp³-hybridized carbons (Fsp3) is 0.500. The Morgan fingerprint density at radius 1 is 1.50 bits per heavy atom. The highest BCUT2D eigenvalue weighted by molar-refractivity contribution is 5.90. The van der Waals surface area contributed by atoms with E-state index in [9.17, 15) is 14.9 Å². The van der Waals surface area contributed by atoms with Crippen molar-refractivity contribution in [2.75, 3.05) is 19.8 Å². The lowest BCUT2D eigenvalue weighted by molar-refractivity contribution is -0.385. The smallest absolute Gasteiger partial charge is 0.341 e. The fourth-order valence-electron chi connectivity index (χ4n) is 1.33. The van der Waals surface area contributed by atoms with Crippen LogP contribution in [0.3, 0.4) is 0 Å². The van der Waals surface area contributed by atoms with Gasteiger partial charge in [-0.3, -0.25) is 10.1 Å². The number of aromatic carboxylic acids is 1. The summed E-state index contributed by atoms with van der Waals surface area (Å²) < 4.78 is 10.4. The van der Waals surface area contributed by atoms with Crippen LogP contribution >= 0.6 is 0 Å². The summed E-state index contributed by atoms with van der Waals surface area (Å²) in [5.74, 6) is -1.10. The minimum Gasteiger partial charge on any atom is -0.477 e. The molecule has 0 aliphatic carbocycles. The van der Waals surface area contributed by atoms with Gasteiger partial charge in [0.15, 0.2) is 0 Å². The predicted octanol–water partition coefficient (Wildman–Crippen LogP) is 1.74. The minimum atomic E-state index is -1.33. The summed E-state index contributed by atoms with van der Waals surface area (Å²) in [4.78, 5) is 24.5. The zero-order chi connectivity index (χ0) is 15.1. The number of carboxylic acid groups (broad SMARTS) is 1. The SMILES string of the molecule is CC(C)COCCOc1ncc([N+](=O)[O-])cc1C(=O)O. The second-order valence-electron chi connectivity index (χ2n) is 4.43. The lowest BCUT2D eigenvalue weighted by atomic mass is 10.2. The maximum atomic E-state index is 11.0. The van der Waals surface area contributed by atoms with Gasteiger partial charge in [-0.2, -0.15) is 0 Å². The molecule has 0 saturated heterocycles. The van der Waals surface area contributed by atoms with Crippen molar-refractivity contribution in [1.29, 1.82) is 0 Å². The van der Waals surface area contributed by atoms with Crippen molar-refractivity contribution >= 4 is 11.7 Å². The summed E-state index contributed by atoms with van der Waals surface area (Å²) in [6.07, 6.45) is 0.955. The molecule has 0 bridgehead atoms. The van der Waals surface area contributed by atoms with E-state index < -0.39 is 16.6 Å². The first-order chi connectivity index (χ1) is 9.41. The van der Waals surface area contributed by atoms with Crippen molar-refractivity contribution in [3.05, 3.63) is 27.9 Å². The maximum Gasteiger partial charge on any atom is 0.341 e. The average molecular weight is 284 g/mol. The van der Waals surface area contributed by atoms with E-state index >= 15 is 0 Å². The summed E-state index contributed by atoms with van der Waals surface area (Å²) >= 11 is 0. The van der Waals surface area contributed by atoms with Crippen LogP contribution in [0.2, 0.25) is 0 Å². The maximum absolute atomic E-state index is 11.0. The van der Waals surface area contributed by atoms with Gasteiger partial charge in [0.2, 0.25) is 5.88 Å². The molecule has 1 aromatic heterocycles. The van der Waals surface area contributed by atoms with Crippen molar-refractivity contribution in [3.63, 3.8) is 0 Å². The van der Waals surface area contributed by atoms with Gasteiger partial charge in [0.05, 0.1) is 11.5 Å². The predicted molar refractivity (Wildman–Crippen MR) is 69.0 cm³/mol. The van der Waals surface area contributed by atoms with Gasteiger partial charge in [-0.25, -0.2) is 9.78 Å².